The van der Waals surface area contributed by atoms with Gasteiger partial charge >= 0.3 is 0 Å². The van der Waals surface area contributed by atoms with Crippen LogP contribution in [-0.2, 0) is 6.37 Å². The molecule has 0 saturated heterocycles. The summed E-state index contributed by atoms with van der Waals surface area (Å²) in [6.07, 6.45) is 0.0620. The molecular formula is C32H21NO. The summed E-state index contributed by atoms with van der Waals surface area (Å²) in [6.45, 7) is 0. The topological polar surface area (TPSA) is 26.0 Å². The number of hydrogen-bond donors (Lipinski definition) is 0. The second-order valence-electron chi connectivity index (χ2n) is 8.53. The Morgan fingerprint density at radius 3 is 2.15 bits per heavy atom. The normalized spacial score (nSPS) is 12.9. The van der Waals surface area contributed by atoms with Crippen molar-refractivity contribution in [2.75, 3.05) is 0 Å². The first-order valence-corrected chi connectivity index (χ1v) is 11.4. The molecule has 0 fully saturated rings. The van der Waals surface area contributed by atoms with E-state index in [1.54, 1.807) is 12.3 Å². The van der Waals surface area contributed by atoms with Crippen LogP contribution < -0.4 is 0 Å². The third-order valence-corrected chi connectivity index (χ3v) is 6.46. The minimum atomic E-state index is -1.62. The van der Waals surface area contributed by atoms with Gasteiger partial charge in [-0.1, -0.05) is 78.9 Å². The number of nitrogens with zero attached hydrogens (tertiary/aromatic N) is 1. The maximum absolute atomic E-state index is 8.77. The van der Waals surface area contributed by atoms with E-state index in [2.05, 4.69) is 53.5 Å². The second-order valence-corrected chi connectivity index (χ2v) is 8.53. The van der Waals surface area contributed by atoms with Crippen molar-refractivity contribution in [2.24, 2.45) is 0 Å². The first-order valence-electron chi connectivity index (χ1n) is 12.4. The first kappa shape index (κ1) is 17.1. The van der Waals surface area contributed by atoms with Gasteiger partial charge in [-0.05, 0) is 64.0 Å². The zero-order valence-corrected chi connectivity index (χ0v) is 18.3. The van der Waals surface area contributed by atoms with Crippen LogP contribution in [0.5, 0.6) is 0 Å². The Bertz CT molecular complexity index is 1920. The predicted octanol–water partition coefficient (Wildman–Crippen LogP) is 8.55. The molecule has 2 aromatic heterocycles. The van der Waals surface area contributed by atoms with Crippen LogP contribution in [0.4, 0.5) is 0 Å². The van der Waals surface area contributed by atoms with Crippen molar-refractivity contribution in [1.29, 1.82) is 0 Å². The molecular weight excluding hydrogens is 414 g/mol. The fourth-order valence-corrected chi connectivity index (χ4v) is 4.92. The Labute approximate surface area is 199 Å². The number of pyridine rings is 1. The second kappa shape index (κ2) is 7.57. The van der Waals surface area contributed by atoms with Gasteiger partial charge in [0.15, 0.2) is 0 Å². The van der Waals surface area contributed by atoms with Crippen LogP contribution in [0.25, 0.3) is 54.7 Å². The largest absolute Gasteiger partial charge is 0.455 e. The van der Waals surface area contributed by atoms with Gasteiger partial charge in [0.1, 0.15) is 11.2 Å². The SMILES string of the molecule is [2H]C([2H])(c1ccccc1)c1ccnc(-c2ccc3oc4c5ccccc5c5ccccc5c4c3c2)c1. The molecule has 0 aliphatic heterocycles. The monoisotopic (exact) mass is 437 g/mol. The van der Waals surface area contributed by atoms with E-state index in [4.69, 9.17) is 7.16 Å². The summed E-state index contributed by atoms with van der Waals surface area (Å²) in [5.74, 6) is 0. The van der Waals surface area contributed by atoms with Gasteiger partial charge in [0.2, 0.25) is 0 Å². The van der Waals surface area contributed by atoms with Gasteiger partial charge in [0.25, 0.3) is 0 Å². The van der Waals surface area contributed by atoms with Crippen molar-refractivity contribution < 1.29 is 7.16 Å². The van der Waals surface area contributed by atoms with E-state index in [9.17, 15) is 0 Å². The van der Waals surface area contributed by atoms with Gasteiger partial charge < -0.3 is 4.42 Å². The molecule has 0 bridgehead atoms. The molecule has 0 radical (unpaired) electrons. The highest BCUT2D eigenvalue weighted by molar-refractivity contribution is 6.30. The van der Waals surface area contributed by atoms with E-state index >= 15 is 0 Å². The number of aromatic nitrogens is 1. The van der Waals surface area contributed by atoms with E-state index < -0.39 is 6.37 Å². The van der Waals surface area contributed by atoms with Crippen LogP contribution in [0.2, 0.25) is 0 Å². The van der Waals surface area contributed by atoms with Gasteiger partial charge in [-0.25, -0.2) is 0 Å². The minimum Gasteiger partial charge on any atom is -0.455 e. The number of fused-ring (bicyclic) bond motifs is 8. The summed E-state index contributed by atoms with van der Waals surface area (Å²) in [5, 5.41) is 6.76. The summed E-state index contributed by atoms with van der Waals surface area (Å²) in [6, 6.07) is 35.8. The van der Waals surface area contributed by atoms with Crippen molar-refractivity contribution in [3.63, 3.8) is 0 Å². The van der Waals surface area contributed by atoms with E-state index in [1.807, 2.05) is 54.6 Å². The molecule has 0 N–H and O–H groups in total. The molecule has 2 heterocycles. The molecule has 0 aliphatic carbocycles. The standard InChI is InChI=1S/C32H21NO/c1-2-8-21(9-3-1)18-22-16-17-33-29(19-22)23-14-15-30-28(20-23)31-26-12-6-4-10-24(26)25-11-5-7-13-27(25)32(31)34-30/h1-17,19-20H,18H2/i18D2. The minimum absolute atomic E-state index is 0.576. The molecule has 0 saturated carbocycles. The fourth-order valence-electron chi connectivity index (χ4n) is 4.92. The van der Waals surface area contributed by atoms with Gasteiger partial charge in [0.05, 0.1) is 5.69 Å². The van der Waals surface area contributed by atoms with Crippen molar-refractivity contribution in [2.45, 2.75) is 6.37 Å². The van der Waals surface area contributed by atoms with Crippen LogP contribution in [0.15, 0.2) is 120 Å². The number of furan rings is 1. The molecule has 34 heavy (non-hydrogen) atoms. The fraction of sp³-hybridized carbons (Fsp3) is 0.0312. The average molecular weight is 438 g/mol. The van der Waals surface area contributed by atoms with E-state index in [-0.39, 0.29) is 0 Å². The number of benzene rings is 5. The highest BCUT2D eigenvalue weighted by atomic mass is 16.3. The summed E-state index contributed by atoms with van der Waals surface area (Å²) in [5.41, 5.74) is 4.57. The van der Waals surface area contributed by atoms with Gasteiger partial charge in [-0.15, -0.1) is 0 Å². The summed E-state index contributed by atoms with van der Waals surface area (Å²) in [7, 11) is 0. The van der Waals surface area contributed by atoms with Crippen LogP contribution >= 0.6 is 0 Å². The number of rotatable bonds is 3. The van der Waals surface area contributed by atoms with Crippen molar-refractivity contribution in [3.05, 3.63) is 127 Å². The Morgan fingerprint density at radius 1 is 0.618 bits per heavy atom. The third-order valence-electron chi connectivity index (χ3n) is 6.46. The average Bonchev–Trinajstić information content (AvgIpc) is 3.33. The van der Waals surface area contributed by atoms with E-state index in [0.29, 0.717) is 11.1 Å². The van der Waals surface area contributed by atoms with Gasteiger partial charge in [-0.2, -0.15) is 0 Å². The van der Waals surface area contributed by atoms with Gasteiger partial charge in [-0.3, -0.25) is 4.98 Å². The third kappa shape index (κ3) is 3.00. The Balaban J connectivity index is 1.46. The Morgan fingerprint density at radius 2 is 1.32 bits per heavy atom. The molecule has 0 atom stereocenters. The zero-order chi connectivity index (χ0) is 24.3. The Hall–Kier alpha value is -4.43. The van der Waals surface area contributed by atoms with E-state index in [1.165, 1.54) is 10.8 Å². The molecule has 7 aromatic rings. The van der Waals surface area contributed by atoms with Gasteiger partial charge in [0, 0.05) is 30.7 Å². The summed E-state index contributed by atoms with van der Waals surface area (Å²) >= 11 is 0. The van der Waals surface area contributed by atoms with E-state index in [0.717, 1.165) is 44.0 Å². The zero-order valence-electron chi connectivity index (χ0n) is 20.3. The highest BCUT2D eigenvalue weighted by Gasteiger charge is 2.16. The molecule has 0 amide bonds. The number of hydrogen-bond acceptors (Lipinski definition) is 2. The molecule has 2 nitrogen and oxygen atoms in total. The molecule has 0 spiro atoms. The summed E-state index contributed by atoms with van der Waals surface area (Å²) < 4.78 is 24.0. The molecule has 2 heteroatoms. The van der Waals surface area contributed by atoms with Crippen LogP contribution in [0, 0.1) is 0 Å². The molecule has 5 aromatic carbocycles. The summed E-state index contributed by atoms with van der Waals surface area (Å²) in [4.78, 5) is 4.60. The Kier molecular flexibility index (Phi) is 3.81. The molecule has 0 unspecified atom stereocenters. The van der Waals surface area contributed by atoms with Crippen molar-refractivity contribution in [1.82, 2.24) is 4.98 Å². The first-order chi connectivity index (χ1) is 17.6. The van der Waals surface area contributed by atoms with Crippen LogP contribution in [-0.4, -0.2) is 4.98 Å². The quantitative estimate of drug-likeness (QED) is 0.259. The maximum atomic E-state index is 8.77. The highest BCUT2D eigenvalue weighted by Crippen LogP contribution is 2.41. The molecule has 7 rings (SSSR count). The van der Waals surface area contributed by atoms with Crippen molar-refractivity contribution in [3.8, 4) is 11.3 Å². The lowest BCUT2D eigenvalue weighted by molar-refractivity contribution is 0.673. The molecule has 0 aliphatic rings. The lowest BCUT2D eigenvalue weighted by Crippen LogP contribution is -1.91. The van der Waals surface area contributed by atoms with Crippen molar-refractivity contribution >= 4 is 43.5 Å². The maximum Gasteiger partial charge on any atom is 0.143 e. The lowest BCUT2D eigenvalue weighted by Gasteiger charge is -2.07. The predicted molar refractivity (Wildman–Crippen MR) is 141 cm³/mol. The van der Waals surface area contributed by atoms with Crippen LogP contribution in [0.1, 0.15) is 13.9 Å². The smallest absolute Gasteiger partial charge is 0.143 e. The van der Waals surface area contributed by atoms with Crippen LogP contribution in [0.3, 0.4) is 0 Å². The lowest BCUT2D eigenvalue weighted by atomic mass is 9.96. The molecule has 160 valence electrons.